The minimum absolute atomic E-state index is 0.0839. The Morgan fingerprint density at radius 1 is 1.20 bits per heavy atom. The SMILES string of the molecule is CCN(CC)c1ccc(NC(=O)C[C@H]2OC(=O)c3ccccc32)cn1. The number of amides is 1. The third-order valence-corrected chi connectivity index (χ3v) is 4.27. The minimum Gasteiger partial charge on any atom is -0.453 e. The Bertz CT molecular complexity index is 770. The second-order valence-electron chi connectivity index (χ2n) is 5.81. The van der Waals surface area contributed by atoms with Gasteiger partial charge in [-0.25, -0.2) is 9.78 Å². The van der Waals surface area contributed by atoms with Crippen LogP contribution in [0.1, 0.15) is 42.3 Å². The van der Waals surface area contributed by atoms with Crippen molar-refractivity contribution in [2.24, 2.45) is 0 Å². The highest BCUT2D eigenvalue weighted by Crippen LogP contribution is 2.32. The van der Waals surface area contributed by atoms with Crippen LogP contribution in [0.15, 0.2) is 42.6 Å². The number of aromatic nitrogens is 1. The molecule has 1 atom stereocenters. The normalized spacial score (nSPS) is 15.4. The zero-order valence-electron chi connectivity index (χ0n) is 14.4. The number of nitrogens with zero attached hydrogens (tertiary/aromatic N) is 2. The summed E-state index contributed by atoms with van der Waals surface area (Å²) in [6, 6.07) is 10.9. The molecule has 0 unspecified atom stereocenters. The lowest BCUT2D eigenvalue weighted by Crippen LogP contribution is -2.23. The molecule has 25 heavy (non-hydrogen) atoms. The number of ether oxygens (including phenoxy) is 1. The van der Waals surface area contributed by atoms with Gasteiger partial charge in [0.15, 0.2) is 0 Å². The summed E-state index contributed by atoms with van der Waals surface area (Å²) < 4.78 is 5.30. The van der Waals surface area contributed by atoms with Crippen LogP contribution >= 0.6 is 0 Å². The van der Waals surface area contributed by atoms with Crippen LogP contribution in [0.5, 0.6) is 0 Å². The predicted molar refractivity (Wildman–Crippen MR) is 95.6 cm³/mol. The number of cyclic esters (lactones) is 1. The Morgan fingerprint density at radius 3 is 2.64 bits per heavy atom. The van der Waals surface area contributed by atoms with Crippen LogP contribution in [0, 0.1) is 0 Å². The van der Waals surface area contributed by atoms with E-state index in [1.165, 1.54) is 0 Å². The summed E-state index contributed by atoms with van der Waals surface area (Å²) >= 11 is 0. The van der Waals surface area contributed by atoms with Gasteiger partial charge in [0, 0.05) is 18.7 Å². The zero-order valence-corrected chi connectivity index (χ0v) is 14.4. The zero-order chi connectivity index (χ0) is 17.8. The van der Waals surface area contributed by atoms with Crippen molar-refractivity contribution in [2.45, 2.75) is 26.4 Å². The molecule has 6 nitrogen and oxygen atoms in total. The van der Waals surface area contributed by atoms with E-state index in [0.29, 0.717) is 11.3 Å². The maximum Gasteiger partial charge on any atom is 0.339 e. The van der Waals surface area contributed by atoms with Crippen LogP contribution in [-0.2, 0) is 9.53 Å². The van der Waals surface area contributed by atoms with Crippen molar-refractivity contribution in [3.05, 3.63) is 53.7 Å². The molecule has 1 aromatic carbocycles. The minimum atomic E-state index is -0.536. The van der Waals surface area contributed by atoms with Crippen LogP contribution in [0.2, 0.25) is 0 Å². The third kappa shape index (κ3) is 3.63. The van der Waals surface area contributed by atoms with Gasteiger partial charge < -0.3 is 15.0 Å². The molecule has 1 aliphatic rings. The van der Waals surface area contributed by atoms with Crippen molar-refractivity contribution in [1.29, 1.82) is 0 Å². The predicted octanol–water partition coefficient (Wildman–Crippen LogP) is 3.17. The molecular weight excluding hydrogens is 318 g/mol. The topological polar surface area (TPSA) is 71.5 Å². The summed E-state index contributed by atoms with van der Waals surface area (Å²) in [5, 5.41) is 2.81. The lowest BCUT2D eigenvalue weighted by molar-refractivity contribution is -0.118. The molecule has 0 saturated carbocycles. The summed E-state index contributed by atoms with van der Waals surface area (Å²) in [5.41, 5.74) is 1.92. The molecule has 0 aliphatic carbocycles. The van der Waals surface area contributed by atoms with Crippen molar-refractivity contribution >= 4 is 23.4 Å². The molecule has 2 heterocycles. The Kier molecular flexibility index (Phi) is 4.97. The second-order valence-corrected chi connectivity index (χ2v) is 5.81. The fourth-order valence-corrected chi connectivity index (χ4v) is 2.95. The first-order chi connectivity index (χ1) is 12.1. The smallest absolute Gasteiger partial charge is 0.339 e. The number of pyridine rings is 1. The largest absolute Gasteiger partial charge is 0.453 e. The van der Waals surface area contributed by atoms with Gasteiger partial charge in [0.1, 0.15) is 11.9 Å². The molecule has 3 rings (SSSR count). The van der Waals surface area contributed by atoms with Crippen LogP contribution in [0.25, 0.3) is 0 Å². The molecule has 1 N–H and O–H groups in total. The average Bonchev–Trinajstić information content (AvgIpc) is 2.93. The van der Waals surface area contributed by atoms with Crippen LogP contribution in [0.4, 0.5) is 11.5 Å². The van der Waals surface area contributed by atoms with Gasteiger partial charge in [-0.2, -0.15) is 0 Å². The van der Waals surface area contributed by atoms with Gasteiger partial charge in [0.05, 0.1) is 23.9 Å². The molecule has 1 aromatic heterocycles. The number of benzene rings is 1. The van der Waals surface area contributed by atoms with Gasteiger partial charge in [-0.15, -0.1) is 0 Å². The monoisotopic (exact) mass is 339 g/mol. The van der Waals surface area contributed by atoms with E-state index in [1.807, 2.05) is 24.3 Å². The molecule has 2 aromatic rings. The molecule has 0 saturated heterocycles. The van der Waals surface area contributed by atoms with E-state index < -0.39 is 6.10 Å². The van der Waals surface area contributed by atoms with Crippen LogP contribution in [-0.4, -0.2) is 29.9 Å². The molecule has 0 bridgehead atoms. The Balaban J connectivity index is 1.63. The van der Waals surface area contributed by atoms with E-state index in [9.17, 15) is 9.59 Å². The van der Waals surface area contributed by atoms with E-state index >= 15 is 0 Å². The van der Waals surface area contributed by atoms with Gasteiger partial charge in [0.25, 0.3) is 0 Å². The van der Waals surface area contributed by atoms with Gasteiger partial charge in [0.2, 0.25) is 5.91 Å². The number of carbonyl (C=O) groups excluding carboxylic acids is 2. The van der Waals surface area contributed by atoms with Gasteiger partial charge in [-0.1, -0.05) is 18.2 Å². The second kappa shape index (κ2) is 7.34. The lowest BCUT2D eigenvalue weighted by Gasteiger charge is -2.19. The van der Waals surface area contributed by atoms with Crippen molar-refractivity contribution < 1.29 is 14.3 Å². The number of esters is 1. The Morgan fingerprint density at radius 2 is 1.96 bits per heavy atom. The van der Waals surface area contributed by atoms with E-state index in [-0.39, 0.29) is 18.3 Å². The number of carbonyl (C=O) groups is 2. The standard InChI is InChI=1S/C19H21N3O3/c1-3-22(4-2)17-10-9-13(12-20-17)21-18(23)11-16-14-7-5-6-8-15(14)19(24)25-16/h5-10,12,16H,3-4,11H2,1-2H3,(H,21,23)/t16-/m1/s1. The fourth-order valence-electron chi connectivity index (χ4n) is 2.95. The molecule has 0 spiro atoms. The molecule has 130 valence electrons. The highest BCUT2D eigenvalue weighted by atomic mass is 16.5. The maximum absolute atomic E-state index is 12.3. The van der Waals surface area contributed by atoms with E-state index in [0.717, 1.165) is 24.5 Å². The van der Waals surface area contributed by atoms with Crippen molar-refractivity contribution in [3.63, 3.8) is 0 Å². The number of hydrogen-bond donors (Lipinski definition) is 1. The van der Waals surface area contributed by atoms with E-state index in [2.05, 4.69) is 29.0 Å². The molecule has 6 heteroatoms. The van der Waals surface area contributed by atoms with Gasteiger partial charge >= 0.3 is 5.97 Å². The number of anilines is 2. The lowest BCUT2D eigenvalue weighted by atomic mass is 10.0. The maximum atomic E-state index is 12.3. The first-order valence-corrected chi connectivity index (χ1v) is 8.43. The summed E-state index contributed by atoms with van der Waals surface area (Å²) in [6.45, 7) is 5.90. The van der Waals surface area contributed by atoms with E-state index in [4.69, 9.17) is 4.74 Å². The summed E-state index contributed by atoms with van der Waals surface area (Å²) in [7, 11) is 0. The summed E-state index contributed by atoms with van der Waals surface area (Å²) in [5.74, 6) is 0.284. The highest BCUT2D eigenvalue weighted by Gasteiger charge is 2.32. The van der Waals surface area contributed by atoms with Crippen molar-refractivity contribution in [2.75, 3.05) is 23.3 Å². The Hall–Kier alpha value is -2.89. The van der Waals surface area contributed by atoms with Crippen molar-refractivity contribution in [3.8, 4) is 0 Å². The number of nitrogens with one attached hydrogen (secondary N) is 1. The Labute approximate surface area is 146 Å². The number of hydrogen-bond acceptors (Lipinski definition) is 5. The highest BCUT2D eigenvalue weighted by molar-refractivity contribution is 5.96. The van der Waals surface area contributed by atoms with Crippen LogP contribution < -0.4 is 10.2 Å². The molecule has 0 fully saturated rings. The van der Waals surface area contributed by atoms with Gasteiger partial charge in [-0.05, 0) is 32.0 Å². The van der Waals surface area contributed by atoms with Crippen LogP contribution in [0.3, 0.4) is 0 Å². The van der Waals surface area contributed by atoms with Crippen molar-refractivity contribution in [1.82, 2.24) is 4.98 Å². The molecular formula is C19H21N3O3. The first kappa shape index (κ1) is 17.0. The summed E-state index contributed by atoms with van der Waals surface area (Å²) in [6.07, 6.45) is 1.19. The first-order valence-electron chi connectivity index (χ1n) is 8.43. The van der Waals surface area contributed by atoms with Gasteiger partial charge in [-0.3, -0.25) is 4.79 Å². The average molecular weight is 339 g/mol. The molecule has 0 radical (unpaired) electrons. The summed E-state index contributed by atoms with van der Waals surface area (Å²) in [4.78, 5) is 30.6. The fraction of sp³-hybridized carbons (Fsp3) is 0.316. The quantitative estimate of drug-likeness (QED) is 0.819. The number of rotatable bonds is 6. The number of fused-ring (bicyclic) bond motifs is 1. The third-order valence-electron chi connectivity index (χ3n) is 4.27. The van der Waals surface area contributed by atoms with E-state index in [1.54, 1.807) is 18.3 Å². The molecule has 1 amide bonds. The molecule has 1 aliphatic heterocycles.